The molecule has 1 aromatic carbocycles. The number of hydrogen-bond acceptors (Lipinski definition) is 1. The van der Waals surface area contributed by atoms with E-state index in [1.165, 1.54) is 0 Å². The standard InChI is InChI=1S/C10H11BrINO/c1-13(6-5-11)10(14)8-3-2-4-9(12)7-8/h2-4,7H,5-6H2,1H3. The number of rotatable bonds is 3. The fraction of sp³-hybridized carbons (Fsp3) is 0.300. The highest BCUT2D eigenvalue weighted by molar-refractivity contribution is 14.1. The van der Waals surface area contributed by atoms with Gasteiger partial charge in [0.2, 0.25) is 0 Å². The Hall–Kier alpha value is -0.100. The molecule has 0 aliphatic carbocycles. The highest BCUT2D eigenvalue weighted by atomic mass is 127. The Bertz CT molecular complexity index is 330. The van der Waals surface area contributed by atoms with Crippen LogP contribution in [0.3, 0.4) is 0 Å². The van der Waals surface area contributed by atoms with Gasteiger partial charge < -0.3 is 4.90 Å². The van der Waals surface area contributed by atoms with Gasteiger partial charge in [0, 0.05) is 28.1 Å². The van der Waals surface area contributed by atoms with Crippen molar-refractivity contribution in [1.82, 2.24) is 4.90 Å². The van der Waals surface area contributed by atoms with Crippen LogP contribution in [0, 0.1) is 3.57 Å². The van der Waals surface area contributed by atoms with E-state index in [9.17, 15) is 4.79 Å². The van der Waals surface area contributed by atoms with Crippen molar-refractivity contribution in [2.75, 3.05) is 18.9 Å². The number of alkyl halides is 1. The quantitative estimate of drug-likeness (QED) is 0.594. The van der Waals surface area contributed by atoms with Crippen LogP contribution >= 0.6 is 38.5 Å². The zero-order chi connectivity index (χ0) is 10.6. The first kappa shape index (κ1) is 12.0. The molecule has 0 spiro atoms. The minimum Gasteiger partial charge on any atom is -0.341 e. The normalized spacial score (nSPS) is 9.93. The lowest BCUT2D eigenvalue weighted by atomic mass is 10.2. The summed E-state index contributed by atoms with van der Waals surface area (Å²) in [7, 11) is 1.81. The summed E-state index contributed by atoms with van der Waals surface area (Å²) in [5.74, 6) is 0.0722. The summed E-state index contributed by atoms with van der Waals surface area (Å²) >= 11 is 5.51. The van der Waals surface area contributed by atoms with Crippen LogP contribution in [0.5, 0.6) is 0 Å². The molecule has 0 aromatic heterocycles. The van der Waals surface area contributed by atoms with Gasteiger partial charge in [-0.15, -0.1) is 0 Å². The number of benzene rings is 1. The van der Waals surface area contributed by atoms with Crippen molar-refractivity contribution in [2.24, 2.45) is 0 Å². The molecule has 2 nitrogen and oxygen atoms in total. The van der Waals surface area contributed by atoms with E-state index in [1.807, 2.05) is 31.3 Å². The Balaban J connectivity index is 2.78. The molecule has 0 radical (unpaired) electrons. The number of halogens is 2. The molecule has 0 aliphatic rings. The van der Waals surface area contributed by atoms with Crippen molar-refractivity contribution in [2.45, 2.75) is 0 Å². The molecule has 1 amide bonds. The van der Waals surface area contributed by atoms with Gasteiger partial charge >= 0.3 is 0 Å². The van der Waals surface area contributed by atoms with Crippen molar-refractivity contribution in [1.29, 1.82) is 0 Å². The van der Waals surface area contributed by atoms with Gasteiger partial charge in [0.1, 0.15) is 0 Å². The van der Waals surface area contributed by atoms with Gasteiger partial charge in [-0.2, -0.15) is 0 Å². The third-order valence-corrected chi connectivity index (χ3v) is 2.86. The minimum absolute atomic E-state index is 0.0722. The van der Waals surface area contributed by atoms with Crippen molar-refractivity contribution in [3.8, 4) is 0 Å². The molecule has 0 aliphatic heterocycles. The molecule has 0 saturated carbocycles. The third-order valence-electron chi connectivity index (χ3n) is 1.84. The summed E-state index contributed by atoms with van der Waals surface area (Å²) in [5, 5.41) is 0.805. The number of carbonyl (C=O) groups excluding carboxylic acids is 1. The van der Waals surface area contributed by atoms with E-state index < -0.39 is 0 Å². The molecule has 1 aromatic rings. The van der Waals surface area contributed by atoms with E-state index in [-0.39, 0.29) is 5.91 Å². The maximum absolute atomic E-state index is 11.8. The van der Waals surface area contributed by atoms with E-state index in [0.717, 1.165) is 21.0 Å². The molecular weight excluding hydrogens is 357 g/mol. The first-order chi connectivity index (χ1) is 6.65. The highest BCUT2D eigenvalue weighted by Gasteiger charge is 2.10. The van der Waals surface area contributed by atoms with Crippen LogP contribution in [0.25, 0.3) is 0 Å². The molecule has 0 unspecified atom stereocenters. The zero-order valence-electron chi connectivity index (χ0n) is 7.84. The molecule has 1 rings (SSSR count). The van der Waals surface area contributed by atoms with Crippen LogP contribution in [0.2, 0.25) is 0 Å². The van der Waals surface area contributed by atoms with Gasteiger partial charge in [-0.25, -0.2) is 0 Å². The van der Waals surface area contributed by atoms with Gasteiger partial charge in [0.15, 0.2) is 0 Å². The number of hydrogen-bond donors (Lipinski definition) is 0. The molecule has 76 valence electrons. The monoisotopic (exact) mass is 367 g/mol. The van der Waals surface area contributed by atoms with Crippen LogP contribution < -0.4 is 0 Å². The predicted molar refractivity (Wildman–Crippen MR) is 69.9 cm³/mol. The second kappa shape index (κ2) is 5.70. The van der Waals surface area contributed by atoms with E-state index in [1.54, 1.807) is 4.90 Å². The Morgan fingerprint density at radius 1 is 1.57 bits per heavy atom. The van der Waals surface area contributed by atoms with E-state index in [4.69, 9.17) is 0 Å². The van der Waals surface area contributed by atoms with Crippen LogP contribution in [-0.2, 0) is 0 Å². The van der Waals surface area contributed by atoms with Crippen molar-refractivity contribution in [3.63, 3.8) is 0 Å². The van der Waals surface area contributed by atoms with E-state index in [2.05, 4.69) is 38.5 Å². The lowest BCUT2D eigenvalue weighted by molar-refractivity contribution is 0.0804. The van der Waals surface area contributed by atoms with Crippen LogP contribution in [0.4, 0.5) is 0 Å². The molecule has 14 heavy (non-hydrogen) atoms. The Kier molecular flexibility index (Phi) is 4.88. The first-order valence-corrected chi connectivity index (χ1v) is 6.42. The van der Waals surface area contributed by atoms with E-state index >= 15 is 0 Å². The predicted octanol–water partition coefficient (Wildman–Crippen LogP) is 2.76. The Labute approximate surface area is 106 Å². The van der Waals surface area contributed by atoms with Crippen LogP contribution in [-0.4, -0.2) is 29.7 Å². The lowest BCUT2D eigenvalue weighted by Crippen LogP contribution is -2.28. The van der Waals surface area contributed by atoms with Gasteiger partial charge in [-0.05, 0) is 40.8 Å². The van der Waals surface area contributed by atoms with Crippen molar-refractivity contribution >= 4 is 44.4 Å². The van der Waals surface area contributed by atoms with Crippen LogP contribution in [0.15, 0.2) is 24.3 Å². The second-order valence-electron chi connectivity index (χ2n) is 2.93. The summed E-state index contributed by atoms with van der Waals surface area (Å²) in [6.07, 6.45) is 0. The molecule has 4 heteroatoms. The number of nitrogens with zero attached hydrogens (tertiary/aromatic N) is 1. The fourth-order valence-electron chi connectivity index (χ4n) is 1.07. The second-order valence-corrected chi connectivity index (χ2v) is 4.96. The number of carbonyl (C=O) groups is 1. The van der Waals surface area contributed by atoms with Crippen molar-refractivity contribution < 1.29 is 4.79 Å². The van der Waals surface area contributed by atoms with Gasteiger partial charge in [-0.1, -0.05) is 22.0 Å². The maximum atomic E-state index is 11.8. The third kappa shape index (κ3) is 3.24. The molecule has 0 bridgehead atoms. The maximum Gasteiger partial charge on any atom is 0.253 e. The fourth-order valence-corrected chi connectivity index (χ4v) is 2.15. The first-order valence-electron chi connectivity index (χ1n) is 4.22. The molecule has 0 atom stereocenters. The molecule has 0 N–H and O–H groups in total. The molecule has 0 fully saturated rings. The summed E-state index contributed by atoms with van der Waals surface area (Å²) in [4.78, 5) is 13.5. The van der Waals surface area contributed by atoms with Gasteiger partial charge in [0.25, 0.3) is 5.91 Å². The van der Waals surface area contributed by atoms with E-state index in [0.29, 0.717) is 0 Å². The summed E-state index contributed by atoms with van der Waals surface area (Å²) < 4.78 is 1.08. The highest BCUT2D eigenvalue weighted by Crippen LogP contribution is 2.09. The Morgan fingerprint density at radius 2 is 2.29 bits per heavy atom. The molecule has 0 saturated heterocycles. The zero-order valence-corrected chi connectivity index (χ0v) is 11.6. The SMILES string of the molecule is CN(CCBr)C(=O)c1cccc(I)c1. The Morgan fingerprint density at radius 3 is 2.86 bits per heavy atom. The topological polar surface area (TPSA) is 20.3 Å². The molecule has 0 heterocycles. The number of amides is 1. The van der Waals surface area contributed by atoms with Crippen molar-refractivity contribution in [3.05, 3.63) is 33.4 Å². The lowest BCUT2D eigenvalue weighted by Gasteiger charge is -2.15. The van der Waals surface area contributed by atoms with Gasteiger partial charge in [0.05, 0.1) is 0 Å². The summed E-state index contributed by atoms with van der Waals surface area (Å²) in [6, 6.07) is 7.61. The largest absolute Gasteiger partial charge is 0.341 e. The summed E-state index contributed by atoms with van der Waals surface area (Å²) in [6.45, 7) is 0.726. The average molecular weight is 368 g/mol. The summed E-state index contributed by atoms with van der Waals surface area (Å²) in [5.41, 5.74) is 0.750. The smallest absolute Gasteiger partial charge is 0.253 e. The molecular formula is C10H11BrINO. The van der Waals surface area contributed by atoms with Gasteiger partial charge in [-0.3, -0.25) is 4.79 Å². The minimum atomic E-state index is 0.0722. The van der Waals surface area contributed by atoms with Crippen LogP contribution in [0.1, 0.15) is 10.4 Å². The average Bonchev–Trinajstić information content (AvgIpc) is 2.17.